The summed E-state index contributed by atoms with van der Waals surface area (Å²) < 4.78 is 118. The van der Waals surface area contributed by atoms with Crippen LogP contribution in [0, 0.1) is 0 Å². The third kappa shape index (κ3) is 4.29. The van der Waals surface area contributed by atoms with Gasteiger partial charge in [-0.05, 0) is 29.8 Å². The molecule has 12 heteroatoms. The van der Waals surface area contributed by atoms with Crippen LogP contribution in [0.5, 0.6) is 0 Å². The third-order valence-corrected chi connectivity index (χ3v) is 4.30. The normalized spacial score (nSPS) is 13.3. The van der Waals surface area contributed by atoms with Gasteiger partial charge in [0, 0.05) is 6.54 Å². The zero-order chi connectivity index (χ0) is 21.8. The maximum Gasteiger partial charge on any atom is 0.449 e. The van der Waals surface area contributed by atoms with Crippen LogP contribution in [-0.4, -0.2) is 9.55 Å². The summed E-state index contributed by atoms with van der Waals surface area (Å²) >= 11 is 5.58. The van der Waals surface area contributed by atoms with Crippen LogP contribution in [0.4, 0.5) is 39.5 Å². The van der Waals surface area contributed by atoms with Gasteiger partial charge in [0.15, 0.2) is 0 Å². The molecule has 0 aliphatic heterocycles. The van der Waals surface area contributed by atoms with Gasteiger partial charge in [0.2, 0.25) is 5.82 Å². The van der Waals surface area contributed by atoms with Crippen molar-refractivity contribution in [1.82, 2.24) is 9.55 Å². The van der Waals surface area contributed by atoms with Crippen LogP contribution in [0.15, 0.2) is 36.4 Å². The summed E-state index contributed by atoms with van der Waals surface area (Å²) in [6.07, 6.45) is -14.7. The number of benzene rings is 2. The summed E-state index contributed by atoms with van der Waals surface area (Å²) in [6, 6.07) is 4.60. The van der Waals surface area contributed by atoms with E-state index in [9.17, 15) is 39.5 Å². The fourth-order valence-corrected chi connectivity index (χ4v) is 3.03. The number of rotatable bonds is 2. The van der Waals surface area contributed by atoms with Gasteiger partial charge in [-0.1, -0.05) is 23.7 Å². The molecule has 0 atom stereocenters. The van der Waals surface area contributed by atoms with Crippen molar-refractivity contribution in [2.75, 3.05) is 0 Å². The average molecular weight is 447 g/mol. The molecule has 0 bridgehead atoms. The first-order chi connectivity index (χ1) is 13.2. The van der Waals surface area contributed by atoms with Crippen LogP contribution in [-0.2, 0) is 25.1 Å². The van der Waals surface area contributed by atoms with E-state index >= 15 is 0 Å². The predicted molar refractivity (Wildman–Crippen MR) is 85.3 cm³/mol. The minimum absolute atomic E-state index is 0.152. The summed E-state index contributed by atoms with van der Waals surface area (Å²) in [6.45, 7) is -0.711. The number of aromatic nitrogens is 2. The van der Waals surface area contributed by atoms with E-state index in [1.54, 1.807) is 0 Å². The number of hydrogen-bond donors (Lipinski definition) is 0. The van der Waals surface area contributed by atoms with Crippen molar-refractivity contribution in [2.45, 2.75) is 25.1 Å². The molecule has 0 radical (unpaired) electrons. The van der Waals surface area contributed by atoms with Crippen molar-refractivity contribution in [3.8, 4) is 0 Å². The Morgan fingerprint density at radius 3 is 2.03 bits per heavy atom. The minimum atomic E-state index is -5.06. The van der Waals surface area contributed by atoms with Crippen molar-refractivity contribution in [3.05, 3.63) is 63.9 Å². The second-order valence-electron chi connectivity index (χ2n) is 6.04. The molecule has 29 heavy (non-hydrogen) atoms. The van der Waals surface area contributed by atoms with Gasteiger partial charge < -0.3 is 4.57 Å². The molecule has 0 saturated heterocycles. The fourth-order valence-electron chi connectivity index (χ4n) is 2.77. The Balaban J connectivity index is 2.19. The van der Waals surface area contributed by atoms with Crippen molar-refractivity contribution in [3.63, 3.8) is 0 Å². The first kappa shape index (κ1) is 21.3. The van der Waals surface area contributed by atoms with Gasteiger partial charge in [-0.3, -0.25) is 0 Å². The largest absolute Gasteiger partial charge is 0.449 e. The molecule has 3 rings (SSSR count). The SMILES string of the molecule is FC(F)(F)c1cccc(Cn2c(C(F)(F)F)nc3cc(C(F)(F)F)c(Cl)cc32)c1. The highest BCUT2D eigenvalue weighted by molar-refractivity contribution is 6.32. The molecule has 0 aliphatic rings. The zero-order valence-corrected chi connectivity index (χ0v) is 14.6. The second-order valence-corrected chi connectivity index (χ2v) is 6.44. The summed E-state index contributed by atoms with van der Waals surface area (Å²) in [5.41, 5.74) is -3.64. The van der Waals surface area contributed by atoms with Crippen molar-refractivity contribution >= 4 is 22.6 Å². The molecule has 0 saturated carbocycles. The Kier molecular flexibility index (Phi) is 5.01. The van der Waals surface area contributed by atoms with E-state index in [0.29, 0.717) is 22.8 Å². The summed E-state index contributed by atoms with van der Waals surface area (Å²) in [5.74, 6) is -1.56. The molecular weight excluding hydrogens is 439 g/mol. The Labute approximate surface area is 161 Å². The number of alkyl halides is 9. The molecular formula is C17H8ClF9N2. The topological polar surface area (TPSA) is 17.8 Å². The first-order valence-corrected chi connectivity index (χ1v) is 8.06. The molecule has 0 fully saturated rings. The summed E-state index contributed by atoms with van der Waals surface area (Å²) in [4.78, 5) is 3.22. The van der Waals surface area contributed by atoms with Crippen LogP contribution < -0.4 is 0 Å². The Morgan fingerprint density at radius 1 is 0.828 bits per heavy atom. The van der Waals surface area contributed by atoms with Gasteiger partial charge in [-0.2, -0.15) is 39.5 Å². The number of hydrogen-bond acceptors (Lipinski definition) is 1. The van der Waals surface area contributed by atoms with Crippen LogP contribution in [0.2, 0.25) is 5.02 Å². The van der Waals surface area contributed by atoms with Crippen LogP contribution in [0.1, 0.15) is 22.5 Å². The van der Waals surface area contributed by atoms with Gasteiger partial charge >= 0.3 is 18.5 Å². The minimum Gasteiger partial charge on any atom is -0.316 e. The van der Waals surface area contributed by atoms with Crippen LogP contribution in [0.3, 0.4) is 0 Å². The highest BCUT2D eigenvalue weighted by atomic mass is 35.5. The van der Waals surface area contributed by atoms with E-state index in [0.717, 1.165) is 18.2 Å². The van der Waals surface area contributed by atoms with Crippen molar-refractivity contribution in [1.29, 1.82) is 0 Å². The molecule has 0 N–H and O–H groups in total. The number of fused-ring (bicyclic) bond motifs is 1. The predicted octanol–water partition coefficient (Wildman–Crippen LogP) is 6.79. The molecule has 1 heterocycles. The average Bonchev–Trinajstić information content (AvgIpc) is 2.91. The Morgan fingerprint density at radius 2 is 1.48 bits per heavy atom. The number of imidazole rings is 1. The molecule has 1 aromatic heterocycles. The Hall–Kier alpha value is -2.43. The lowest BCUT2D eigenvalue weighted by atomic mass is 10.1. The zero-order valence-electron chi connectivity index (χ0n) is 13.8. The number of nitrogens with zero attached hydrogens (tertiary/aromatic N) is 2. The fraction of sp³-hybridized carbons (Fsp3) is 0.235. The van der Waals surface area contributed by atoms with Crippen molar-refractivity contribution in [2.24, 2.45) is 0 Å². The lowest BCUT2D eigenvalue weighted by Gasteiger charge is -2.14. The van der Waals surface area contributed by atoms with E-state index in [4.69, 9.17) is 11.6 Å². The van der Waals surface area contributed by atoms with Gasteiger partial charge in [0.1, 0.15) is 0 Å². The monoisotopic (exact) mass is 446 g/mol. The third-order valence-electron chi connectivity index (χ3n) is 3.99. The molecule has 3 aromatic rings. The van der Waals surface area contributed by atoms with Gasteiger partial charge in [0.05, 0.1) is 27.2 Å². The first-order valence-electron chi connectivity index (χ1n) is 7.68. The molecule has 2 aromatic carbocycles. The molecule has 156 valence electrons. The van der Waals surface area contributed by atoms with Crippen LogP contribution >= 0.6 is 11.6 Å². The molecule has 0 unspecified atom stereocenters. The van der Waals surface area contributed by atoms with E-state index < -0.39 is 58.1 Å². The molecule has 0 spiro atoms. The second kappa shape index (κ2) is 6.82. The standard InChI is InChI=1S/C17H8ClF9N2/c18-11-6-13-12(5-10(11)16(22,23)24)28-14(17(25,26)27)29(13)7-8-2-1-3-9(4-8)15(19,20)21/h1-6H,7H2. The van der Waals surface area contributed by atoms with E-state index in [-0.39, 0.29) is 5.56 Å². The maximum absolute atomic E-state index is 13.4. The highest BCUT2D eigenvalue weighted by Crippen LogP contribution is 2.39. The van der Waals surface area contributed by atoms with Gasteiger partial charge in [-0.25, -0.2) is 4.98 Å². The lowest BCUT2D eigenvalue weighted by Crippen LogP contribution is -2.16. The quantitative estimate of drug-likeness (QED) is 0.396. The summed E-state index contributed by atoms with van der Waals surface area (Å²) in [5, 5.41) is -0.857. The number of halogens is 10. The highest BCUT2D eigenvalue weighted by Gasteiger charge is 2.39. The van der Waals surface area contributed by atoms with Gasteiger partial charge in [-0.15, -0.1) is 0 Å². The van der Waals surface area contributed by atoms with Crippen molar-refractivity contribution < 1.29 is 39.5 Å². The lowest BCUT2D eigenvalue weighted by molar-refractivity contribution is -0.146. The molecule has 0 aliphatic carbocycles. The molecule has 0 amide bonds. The van der Waals surface area contributed by atoms with E-state index in [1.807, 2.05) is 0 Å². The van der Waals surface area contributed by atoms with Crippen LogP contribution in [0.25, 0.3) is 11.0 Å². The maximum atomic E-state index is 13.4. The summed E-state index contributed by atoms with van der Waals surface area (Å²) in [7, 11) is 0. The Bertz CT molecular complexity index is 1060. The molecule has 2 nitrogen and oxygen atoms in total. The van der Waals surface area contributed by atoms with E-state index in [1.165, 1.54) is 0 Å². The smallest absolute Gasteiger partial charge is 0.316 e. The van der Waals surface area contributed by atoms with Gasteiger partial charge in [0.25, 0.3) is 0 Å². The van der Waals surface area contributed by atoms with E-state index in [2.05, 4.69) is 4.98 Å².